The van der Waals surface area contributed by atoms with Gasteiger partial charge in [0.15, 0.2) is 6.29 Å². The number of fused-ring (bicyclic) bond motifs is 1. The van der Waals surface area contributed by atoms with Gasteiger partial charge in [0.25, 0.3) is 0 Å². The summed E-state index contributed by atoms with van der Waals surface area (Å²) < 4.78 is 18.7. The van der Waals surface area contributed by atoms with Crippen molar-refractivity contribution in [3.8, 4) is 5.75 Å². The molecule has 0 saturated carbocycles. The highest BCUT2D eigenvalue weighted by Crippen LogP contribution is 2.24. The third kappa shape index (κ3) is 13.8. The van der Waals surface area contributed by atoms with Crippen LogP contribution in [-0.4, -0.2) is 71.5 Å². The van der Waals surface area contributed by atoms with Crippen LogP contribution in [0, 0.1) is 0 Å². The number of ether oxygens (including phenoxy) is 3. The fraction of sp³-hybridized carbons (Fsp3) is 0.436. The topological polar surface area (TPSA) is 131 Å². The Morgan fingerprint density at radius 2 is 1.58 bits per heavy atom. The van der Waals surface area contributed by atoms with Gasteiger partial charge in [0, 0.05) is 45.2 Å². The van der Waals surface area contributed by atoms with E-state index in [-0.39, 0.29) is 62.9 Å². The van der Waals surface area contributed by atoms with Gasteiger partial charge in [-0.2, -0.15) is 13.5 Å². The molecule has 11 nitrogen and oxygen atoms in total. The van der Waals surface area contributed by atoms with Gasteiger partial charge in [0.05, 0.1) is 22.3 Å². The van der Waals surface area contributed by atoms with E-state index in [9.17, 15) is 14.4 Å². The highest BCUT2D eigenvalue weighted by atomic mass is 32.1. The molecule has 3 aromatic carbocycles. The molecule has 4 aromatic rings. The van der Waals surface area contributed by atoms with Gasteiger partial charge in [0.2, 0.25) is 11.8 Å². The van der Waals surface area contributed by atoms with Gasteiger partial charge in [-0.1, -0.05) is 54.6 Å². The number of nitrogens with one attached hydrogen (secondary N) is 3. The second-order valence-electron chi connectivity index (χ2n) is 13.3. The number of urea groups is 1. The second kappa shape index (κ2) is 20.8. The molecule has 2 atom stereocenters. The molecule has 0 fully saturated rings. The summed E-state index contributed by atoms with van der Waals surface area (Å²) in [6, 6.07) is 21.2. The third-order valence-corrected chi connectivity index (χ3v) is 8.57. The van der Waals surface area contributed by atoms with E-state index in [1.807, 2.05) is 107 Å². The SMILES string of the molecule is CCOC(CN(Cc1cccc2scnc12)C(=O)[C@H](Cc1ccc(OC(C)(C)C)cc1)NC(=O)C[C@@H](C)NC(=O)NCc1ccccc1)OCC.S. The third-order valence-electron chi connectivity index (χ3n) is 7.78. The van der Waals surface area contributed by atoms with Crippen LogP contribution in [0.4, 0.5) is 4.79 Å². The molecule has 0 spiro atoms. The molecule has 0 aliphatic carbocycles. The van der Waals surface area contributed by atoms with Crippen LogP contribution in [-0.2, 0) is 38.6 Å². The van der Waals surface area contributed by atoms with Gasteiger partial charge in [-0.15, -0.1) is 11.3 Å². The minimum Gasteiger partial charge on any atom is -0.488 e. The molecule has 0 bridgehead atoms. The lowest BCUT2D eigenvalue weighted by atomic mass is 10.0. The summed E-state index contributed by atoms with van der Waals surface area (Å²) in [4.78, 5) is 47.0. The van der Waals surface area contributed by atoms with Gasteiger partial charge >= 0.3 is 6.03 Å². The molecule has 0 aliphatic rings. The first-order valence-corrected chi connectivity index (χ1v) is 18.3. The summed E-state index contributed by atoms with van der Waals surface area (Å²) in [7, 11) is 0. The number of para-hydroxylation sites is 1. The quantitative estimate of drug-likeness (QED) is 0.102. The molecule has 0 aliphatic heterocycles. The van der Waals surface area contributed by atoms with E-state index in [4.69, 9.17) is 14.2 Å². The molecule has 0 radical (unpaired) electrons. The first-order chi connectivity index (χ1) is 24.4. The number of nitrogens with zero attached hydrogens (tertiary/aromatic N) is 2. The van der Waals surface area contributed by atoms with Crippen molar-refractivity contribution in [1.29, 1.82) is 0 Å². The summed E-state index contributed by atoms with van der Waals surface area (Å²) in [5, 5.41) is 8.63. The number of carbonyl (C=O) groups excluding carboxylic acids is 3. The van der Waals surface area contributed by atoms with Gasteiger partial charge in [-0.25, -0.2) is 9.78 Å². The molecule has 1 heterocycles. The highest BCUT2D eigenvalue weighted by molar-refractivity contribution is 7.59. The zero-order valence-electron chi connectivity index (χ0n) is 30.9. The Balaban J connectivity index is 0.00000729. The number of aromatic nitrogens is 1. The van der Waals surface area contributed by atoms with Crippen molar-refractivity contribution in [2.75, 3.05) is 19.8 Å². The molecule has 3 N–H and O–H groups in total. The van der Waals surface area contributed by atoms with Crippen LogP contribution in [0.1, 0.15) is 64.7 Å². The molecule has 4 amide bonds. The molecular weight excluding hydrogens is 699 g/mol. The number of hydrogen-bond acceptors (Lipinski definition) is 8. The molecule has 13 heteroatoms. The van der Waals surface area contributed by atoms with Crippen molar-refractivity contribution >= 4 is 52.9 Å². The van der Waals surface area contributed by atoms with Crippen molar-refractivity contribution in [3.05, 3.63) is 95.0 Å². The molecule has 282 valence electrons. The van der Waals surface area contributed by atoms with Crippen LogP contribution >= 0.6 is 24.8 Å². The maximum Gasteiger partial charge on any atom is 0.315 e. The smallest absolute Gasteiger partial charge is 0.315 e. The fourth-order valence-electron chi connectivity index (χ4n) is 5.55. The van der Waals surface area contributed by atoms with E-state index in [0.717, 1.165) is 26.9 Å². The Bertz CT molecular complexity index is 1690. The largest absolute Gasteiger partial charge is 0.488 e. The van der Waals surface area contributed by atoms with Crippen LogP contribution in [0.15, 0.2) is 78.3 Å². The van der Waals surface area contributed by atoms with Crippen LogP contribution in [0.5, 0.6) is 5.75 Å². The minimum atomic E-state index is -0.926. The maximum absolute atomic E-state index is 14.6. The molecule has 0 saturated heterocycles. The summed E-state index contributed by atoms with van der Waals surface area (Å²) >= 11 is 1.53. The lowest BCUT2D eigenvalue weighted by Crippen LogP contribution is -2.52. The number of benzene rings is 3. The fourth-order valence-corrected chi connectivity index (χ4v) is 6.28. The average molecular weight is 752 g/mol. The number of amides is 4. The van der Waals surface area contributed by atoms with Gasteiger partial charge in [0.1, 0.15) is 17.4 Å². The lowest BCUT2D eigenvalue weighted by Gasteiger charge is -2.31. The Kier molecular flexibility index (Phi) is 16.9. The van der Waals surface area contributed by atoms with Crippen molar-refractivity contribution in [2.24, 2.45) is 0 Å². The number of hydrogen-bond donors (Lipinski definition) is 3. The second-order valence-corrected chi connectivity index (χ2v) is 14.2. The van der Waals surface area contributed by atoms with E-state index < -0.39 is 18.4 Å². The first-order valence-electron chi connectivity index (χ1n) is 17.4. The standard InChI is InChI=1S/C39H51N5O6S.H2S/c1-7-48-35(49-8-2)25-44(24-30-15-12-16-33-36(30)41-26-51-33)37(46)32(22-28-17-19-31(20-18-28)50-39(4,5)6)43-34(45)21-27(3)42-38(47)40-23-29-13-10-9-11-14-29;/h9-20,26-27,32,35H,7-8,21-25H2,1-6H3,(H,43,45)(H2,40,42,47);1H2/t27-,32+;/m1./s1. The zero-order valence-corrected chi connectivity index (χ0v) is 32.8. The number of rotatable bonds is 18. The minimum absolute atomic E-state index is 0. The van der Waals surface area contributed by atoms with Crippen LogP contribution in [0.3, 0.4) is 0 Å². The van der Waals surface area contributed by atoms with Crippen LogP contribution < -0.4 is 20.7 Å². The normalized spacial score (nSPS) is 12.4. The molecular formula is C39H53N5O6S2. The van der Waals surface area contributed by atoms with E-state index in [1.165, 1.54) is 11.3 Å². The molecule has 1 aromatic heterocycles. The molecule has 4 rings (SSSR count). The van der Waals surface area contributed by atoms with Crippen LogP contribution in [0.25, 0.3) is 10.2 Å². The van der Waals surface area contributed by atoms with E-state index in [1.54, 1.807) is 17.3 Å². The predicted molar refractivity (Wildman–Crippen MR) is 211 cm³/mol. The Morgan fingerprint density at radius 3 is 2.23 bits per heavy atom. The summed E-state index contributed by atoms with van der Waals surface area (Å²) in [5.41, 5.74) is 4.93. The average Bonchev–Trinajstić information content (AvgIpc) is 3.57. The van der Waals surface area contributed by atoms with E-state index >= 15 is 0 Å². The van der Waals surface area contributed by atoms with Crippen LogP contribution in [0.2, 0.25) is 0 Å². The Labute approximate surface area is 318 Å². The van der Waals surface area contributed by atoms with E-state index in [2.05, 4.69) is 20.9 Å². The van der Waals surface area contributed by atoms with Gasteiger partial charge in [-0.3, -0.25) is 9.59 Å². The summed E-state index contributed by atoms with van der Waals surface area (Å²) in [6.45, 7) is 13.0. The monoisotopic (exact) mass is 751 g/mol. The predicted octanol–water partition coefficient (Wildman–Crippen LogP) is 6.32. The first kappa shape index (κ1) is 42.2. The van der Waals surface area contributed by atoms with E-state index in [0.29, 0.717) is 25.5 Å². The molecule has 52 heavy (non-hydrogen) atoms. The van der Waals surface area contributed by atoms with Crippen molar-refractivity contribution in [3.63, 3.8) is 0 Å². The summed E-state index contributed by atoms with van der Waals surface area (Å²) in [6.07, 6.45) is -0.465. The lowest BCUT2D eigenvalue weighted by molar-refractivity contribution is -0.161. The number of thiazole rings is 1. The number of carbonyl (C=O) groups is 3. The highest BCUT2D eigenvalue weighted by Gasteiger charge is 2.30. The Hall–Kier alpha value is -4.17. The Morgan fingerprint density at radius 1 is 0.885 bits per heavy atom. The van der Waals surface area contributed by atoms with Crippen molar-refractivity contribution < 1.29 is 28.6 Å². The molecule has 0 unspecified atom stereocenters. The maximum atomic E-state index is 14.6. The van der Waals surface area contributed by atoms with Crippen molar-refractivity contribution in [1.82, 2.24) is 25.8 Å². The van der Waals surface area contributed by atoms with Gasteiger partial charge < -0.3 is 35.1 Å². The summed E-state index contributed by atoms with van der Waals surface area (Å²) in [5.74, 6) is 0.0405. The zero-order chi connectivity index (χ0) is 36.8. The van der Waals surface area contributed by atoms with Gasteiger partial charge in [-0.05, 0) is 76.4 Å². The van der Waals surface area contributed by atoms with Crippen molar-refractivity contribution in [2.45, 2.75) is 91.4 Å².